The monoisotopic (exact) mass is 338 g/mol. The summed E-state index contributed by atoms with van der Waals surface area (Å²) in [4.78, 5) is 17.8. The average Bonchev–Trinajstić information content (AvgIpc) is 2.46. The molecule has 0 heterocycles. The van der Waals surface area contributed by atoms with Crippen molar-refractivity contribution < 1.29 is 29.1 Å². The third-order valence-electron chi connectivity index (χ3n) is 3.40. The second-order valence-corrected chi connectivity index (χ2v) is 6.37. The number of rotatable bonds is 7. The standard InChI is InChI=1S/C16H19O6P/c17-13-10-8-12(9-11-13)4-1-2-5-14-15(18)6-3-7-16(14)22-23(19,20)21/h3,6-11,17-18H,1-2,4-5H2,(H2,19,20,21). The highest BCUT2D eigenvalue weighted by atomic mass is 31.2. The topological polar surface area (TPSA) is 107 Å². The number of aryl methyl sites for hydroxylation is 1. The number of phenols is 2. The lowest BCUT2D eigenvalue weighted by Crippen LogP contribution is -1.97. The Balaban J connectivity index is 1.94. The quantitative estimate of drug-likeness (QED) is 0.456. The predicted octanol–water partition coefficient (Wildman–Crippen LogP) is 3.13. The molecular formula is C16H19O6P. The van der Waals surface area contributed by atoms with Crippen LogP contribution in [-0.2, 0) is 17.4 Å². The first-order valence-electron chi connectivity index (χ1n) is 7.19. The molecule has 124 valence electrons. The van der Waals surface area contributed by atoms with E-state index in [9.17, 15) is 14.8 Å². The van der Waals surface area contributed by atoms with Gasteiger partial charge < -0.3 is 14.7 Å². The lowest BCUT2D eigenvalue weighted by molar-refractivity contribution is 0.281. The molecule has 0 radical (unpaired) electrons. The highest BCUT2D eigenvalue weighted by Gasteiger charge is 2.19. The summed E-state index contributed by atoms with van der Waals surface area (Å²) in [7, 11) is -4.66. The first kappa shape index (κ1) is 17.3. The van der Waals surface area contributed by atoms with E-state index >= 15 is 0 Å². The summed E-state index contributed by atoms with van der Waals surface area (Å²) in [5.41, 5.74) is 1.48. The Morgan fingerprint density at radius 2 is 1.57 bits per heavy atom. The van der Waals surface area contributed by atoms with E-state index in [1.807, 2.05) is 12.1 Å². The number of phosphoric acid groups is 1. The third-order valence-corrected chi connectivity index (χ3v) is 3.84. The molecular weight excluding hydrogens is 319 g/mol. The molecule has 0 saturated carbocycles. The van der Waals surface area contributed by atoms with Gasteiger partial charge in [0.25, 0.3) is 0 Å². The van der Waals surface area contributed by atoms with Gasteiger partial charge >= 0.3 is 7.82 Å². The van der Waals surface area contributed by atoms with Gasteiger partial charge in [-0.25, -0.2) is 4.57 Å². The summed E-state index contributed by atoms with van der Waals surface area (Å²) in [6.07, 6.45) is 2.80. The molecule has 0 bridgehead atoms. The molecule has 0 amide bonds. The van der Waals surface area contributed by atoms with Crippen LogP contribution >= 0.6 is 7.82 Å². The molecule has 23 heavy (non-hydrogen) atoms. The number of unbranched alkanes of at least 4 members (excludes halogenated alkanes) is 1. The molecule has 0 aliphatic carbocycles. The second-order valence-electron chi connectivity index (χ2n) is 5.21. The minimum Gasteiger partial charge on any atom is -0.508 e. The zero-order chi connectivity index (χ0) is 16.9. The Bertz CT molecular complexity index is 692. The van der Waals surface area contributed by atoms with Crippen molar-refractivity contribution in [1.29, 1.82) is 0 Å². The molecule has 6 nitrogen and oxygen atoms in total. The molecule has 0 atom stereocenters. The van der Waals surface area contributed by atoms with E-state index in [1.54, 1.807) is 12.1 Å². The van der Waals surface area contributed by atoms with Crippen LogP contribution in [0.15, 0.2) is 42.5 Å². The third kappa shape index (κ3) is 5.60. The summed E-state index contributed by atoms with van der Waals surface area (Å²) in [6.45, 7) is 0. The zero-order valence-electron chi connectivity index (χ0n) is 12.4. The van der Waals surface area contributed by atoms with Crippen LogP contribution in [0.2, 0.25) is 0 Å². The minimum absolute atomic E-state index is 0.00275. The first-order chi connectivity index (χ1) is 10.8. The molecule has 2 rings (SSSR count). The smallest absolute Gasteiger partial charge is 0.508 e. The Labute approximate surface area is 134 Å². The van der Waals surface area contributed by atoms with Crippen LogP contribution in [0.25, 0.3) is 0 Å². The number of benzene rings is 2. The highest BCUT2D eigenvalue weighted by molar-refractivity contribution is 7.46. The fourth-order valence-electron chi connectivity index (χ4n) is 2.31. The molecule has 0 aromatic heterocycles. The number of phenolic OH excluding ortho intramolecular Hbond substituents is 2. The fourth-order valence-corrected chi connectivity index (χ4v) is 2.74. The van der Waals surface area contributed by atoms with Crippen molar-refractivity contribution in [2.24, 2.45) is 0 Å². The Morgan fingerprint density at radius 1 is 0.913 bits per heavy atom. The maximum atomic E-state index is 11.0. The van der Waals surface area contributed by atoms with Crippen LogP contribution in [0, 0.1) is 0 Å². The van der Waals surface area contributed by atoms with Crippen molar-refractivity contribution in [2.45, 2.75) is 25.7 Å². The van der Waals surface area contributed by atoms with E-state index in [2.05, 4.69) is 4.52 Å². The maximum absolute atomic E-state index is 11.0. The molecule has 0 fully saturated rings. The van der Waals surface area contributed by atoms with Gasteiger partial charge in [-0.05, 0) is 55.5 Å². The fraction of sp³-hybridized carbons (Fsp3) is 0.250. The number of hydrogen-bond acceptors (Lipinski definition) is 4. The number of hydrogen-bond donors (Lipinski definition) is 4. The molecule has 0 spiro atoms. The summed E-state index contributed by atoms with van der Waals surface area (Å²) in [5, 5.41) is 19.1. The predicted molar refractivity (Wildman–Crippen MR) is 85.5 cm³/mol. The van der Waals surface area contributed by atoms with Gasteiger partial charge in [0.1, 0.15) is 17.2 Å². The Morgan fingerprint density at radius 3 is 2.22 bits per heavy atom. The van der Waals surface area contributed by atoms with Crippen LogP contribution in [0.1, 0.15) is 24.0 Å². The highest BCUT2D eigenvalue weighted by Crippen LogP contribution is 2.41. The van der Waals surface area contributed by atoms with Gasteiger partial charge in [-0.3, -0.25) is 9.79 Å². The second kappa shape index (κ2) is 7.51. The van der Waals surface area contributed by atoms with Crippen LogP contribution in [0.5, 0.6) is 17.2 Å². The van der Waals surface area contributed by atoms with E-state index in [4.69, 9.17) is 9.79 Å². The van der Waals surface area contributed by atoms with E-state index in [1.165, 1.54) is 18.2 Å². The van der Waals surface area contributed by atoms with Gasteiger partial charge in [0.15, 0.2) is 0 Å². The summed E-state index contributed by atoms with van der Waals surface area (Å²) < 4.78 is 15.6. The SMILES string of the molecule is O=P(O)(O)Oc1cccc(O)c1CCCCc1ccc(O)cc1. The molecule has 0 aliphatic heterocycles. The lowest BCUT2D eigenvalue weighted by atomic mass is 10.0. The summed E-state index contributed by atoms with van der Waals surface area (Å²) in [6, 6.07) is 11.3. The number of phosphoric ester groups is 1. The van der Waals surface area contributed by atoms with Gasteiger partial charge in [-0.15, -0.1) is 0 Å². The van der Waals surface area contributed by atoms with E-state index in [-0.39, 0.29) is 17.2 Å². The van der Waals surface area contributed by atoms with Crippen molar-refractivity contribution in [3.8, 4) is 17.2 Å². The molecule has 0 unspecified atom stereocenters. The molecule has 0 saturated heterocycles. The summed E-state index contributed by atoms with van der Waals surface area (Å²) >= 11 is 0. The molecule has 2 aromatic rings. The van der Waals surface area contributed by atoms with Gasteiger partial charge in [0.2, 0.25) is 0 Å². The average molecular weight is 338 g/mol. The van der Waals surface area contributed by atoms with Crippen molar-refractivity contribution in [2.75, 3.05) is 0 Å². The Kier molecular flexibility index (Phi) is 5.66. The van der Waals surface area contributed by atoms with Crippen LogP contribution in [0.3, 0.4) is 0 Å². The summed E-state index contributed by atoms with van der Waals surface area (Å²) in [5.74, 6) is 0.186. The first-order valence-corrected chi connectivity index (χ1v) is 8.72. The van der Waals surface area contributed by atoms with Gasteiger partial charge in [-0.2, -0.15) is 0 Å². The molecule has 4 N–H and O–H groups in total. The molecule has 7 heteroatoms. The molecule has 0 aliphatic rings. The number of aromatic hydroxyl groups is 2. The van der Waals surface area contributed by atoms with Gasteiger partial charge in [0, 0.05) is 5.56 Å². The van der Waals surface area contributed by atoms with E-state index in [0.717, 1.165) is 24.8 Å². The Hall–Kier alpha value is -2.01. The molecule has 2 aromatic carbocycles. The minimum atomic E-state index is -4.66. The lowest BCUT2D eigenvalue weighted by Gasteiger charge is -2.13. The van der Waals surface area contributed by atoms with Crippen LogP contribution in [0.4, 0.5) is 0 Å². The van der Waals surface area contributed by atoms with Crippen molar-refractivity contribution in [3.63, 3.8) is 0 Å². The zero-order valence-corrected chi connectivity index (χ0v) is 13.3. The normalized spacial score (nSPS) is 11.4. The largest absolute Gasteiger partial charge is 0.524 e. The van der Waals surface area contributed by atoms with E-state index in [0.29, 0.717) is 12.0 Å². The van der Waals surface area contributed by atoms with Gasteiger partial charge in [-0.1, -0.05) is 18.2 Å². The van der Waals surface area contributed by atoms with E-state index < -0.39 is 7.82 Å². The van der Waals surface area contributed by atoms with Crippen LogP contribution in [-0.4, -0.2) is 20.0 Å². The van der Waals surface area contributed by atoms with Crippen LogP contribution < -0.4 is 4.52 Å². The van der Waals surface area contributed by atoms with Crippen molar-refractivity contribution in [3.05, 3.63) is 53.6 Å². The van der Waals surface area contributed by atoms with Crippen molar-refractivity contribution >= 4 is 7.82 Å². The van der Waals surface area contributed by atoms with Crippen molar-refractivity contribution in [1.82, 2.24) is 0 Å². The van der Waals surface area contributed by atoms with Gasteiger partial charge in [0.05, 0.1) is 0 Å². The maximum Gasteiger partial charge on any atom is 0.524 e.